The summed E-state index contributed by atoms with van der Waals surface area (Å²) in [5, 5.41) is 8.64. The molecule has 1 atom stereocenters. The number of aryl methyl sites for hydroxylation is 1. The van der Waals surface area contributed by atoms with Crippen LogP contribution in [-0.4, -0.2) is 39.2 Å². The summed E-state index contributed by atoms with van der Waals surface area (Å²) in [4.78, 5) is 34.3. The average molecular weight is 496 g/mol. The minimum atomic E-state index is -0.359. The van der Waals surface area contributed by atoms with E-state index in [1.165, 1.54) is 4.52 Å². The second-order valence-corrected chi connectivity index (χ2v) is 9.46. The maximum Gasteiger partial charge on any atom is 0.274 e. The molecule has 37 heavy (non-hydrogen) atoms. The van der Waals surface area contributed by atoms with E-state index in [2.05, 4.69) is 20.4 Å². The number of nitrogens with one attached hydrogen (secondary N) is 2. The Morgan fingerprint density at radius 3 is 2.65 bits per heavy atom. The van der Waals surface area contributed by atoms with E-state index in [1.807, 2.05) is 75.4 Å². The molecule has 3 aromatic heterocycles. The predicted molar refractivity (Wildman–Crippen MR) is 144 cm³/mol. The van der Waals surface area contributed by atoms with E-state index in [0.29, 0.717) is 23.4 Å². The Labute approximate surface area is 214 Å². The van der Waals surface area contributed by atoms with Gasteiger partial charge in [0.15, 0.2) is 5.69 Å². The Bertz CT molecular complexity index is 1650. The molecule has 8 heteroatoms. The maximum absolute atomic E-state index is 13.5. The van der Waals surface area contributed by atoms with Crippen molar-refractivity contribution >= 4 is 22.3 Å². The van der Waals surface area contributed by atoms with Crippen LogP contribution >= 0.6 is 0 Å². The molecule has 0 aliphatic carbocycles. The Kier molecular flexibility index (Phi) is 6.58. The highest BCUT2D eigenvalue weighted by Gasteiger charge is 2.26. The number of pyridine rings is 1. The van der Waals surface area contributed by atoms with Crippen molar-refractivity contribution in [1.29, 1.82) is 0 Å². The van der Waals surface area contributed by atoms with Gasteiger partial charge in [-0.1, -0.05) is 56.3 Å². The molecule has 0 aliphatic rings. The molecule has 1 unspecified atom stereocenters. The van der Waals surface area contributed by atoms with Crippen LogP contribution < -0.4 is 10.9 Å². The van der Waals surface area contributed by atoms with Crippen LogP contribution in [0.1, 0.15) is 53.0 Å². The summed E-state index contributed by atoms with van der Waals surface area (Å²) in [6.45, 7) is 6.22. The van der Waals surface area contributed by atoms with E-state index in [1.54, 1.807) is 19.5 Å². The van der Waals surface area contributed by atoms with Crippen LogP contribution in [0.4, 0.5) is 0 Å². The van der Waals surface area contributed by atoms with Gasteiger partial charge < -0.3 is 15.0 Å². The van der Waals surface area contributed by atoms with Crippen LogP contribution in [0.25, 0.3) is 27.7 Å². The number of fused-ring (bicyclic) bond motifs is 2. The fourth-order valence-corrected chi connectivity index (χ4v) is 4.71. The highest BCUT2D eigenvalue weighted by molar-refractivity contribution is 5.96. The monoisotopic (exact) mass is 495 g/mol. The number of H-pyrrole nitrogens is 1. The van der Waals surface area contributed by atoms with Gasteiger partial charge in [-0.3, -0.25) is 14.6 Å². The van der Waals surface area contributed by atoms with Crippen LogP contribution in [0.2, 0.25) is 0 Å². The van der Waals surface area contributed by atoms with Gasteiger partial charge in [-0.05, 0) is 36.1 Å². The van der Waals surface area contributed by atoms with Crippen molar-refractivity contribution < 1.29 is 9.53 Å². The molecular weight excluding hydrogens is 466 g/mol. The summed E-state index contributed by atoms with van der Waals surface area (Å²) < 4.78 is 6.86. The summed E-state index contributed by atoms with van der Waals surface area (Å²) >= 11 is 0. The molecule has 0 radical (unpaired) electrons. The number of amides is 1. The molecule has 0 bridgehead atoms. The predicted octanol–water partition coefficient (Wildman–Crippen LogP) is 4.79. The molecule has 5 rings (SSSR count). The molecule has 3 heterocycles. The number of methoxy groups -OCH3 is 1. The van der Waals surface area contributed by atoms with Crippen molar-refractivity contribution in [1.82, 2.24) is 24.9 Å². The van der Waals surface area contributed by atoms with Gasteiger partial charge in [0.2, 0.25) is 0 Å². The maximum atomic E-state index is 13.5. The third-order valence-corrected chi connectivity index (χ3v) is 6.55. The number of carbonyl (C=O) groups excluding carboxylic acids is 1. The first-order valence-corrected chi connectivity index (χ1v) is 12.2. The lowest BCUT2D eigenvalue weighted by molar-refractivity contribution is 0.0890. The van der Waals surface area contributed by atoms with E-state index in [-0.39, 0.29) is 29.1 Å². The summed E-state index contributed by atoms with van der Waals surface area (Å²) in [7, 11) is 1.59. The van der Waals surface area contributed by atoms with Gasteiger partial charge in [0.05, 0.1) is 30.1 Å². The molecule has 0 fully saturated rings. The van der Waals surface area contributed by atoms with Gasteiger partial charge in [-0.15, -0.1) is 0 Å². The van der Waals surface area contributed by atoms with Crippen molar-refractivity contribution in [3.63, 3.8) is 0 Å². The topological polar surface area (TPSA) is 101 Å². The number of nitrogens with zero attached hydrogens (tertiary/aromatic N) is 3. The third-order valence-electron chi connectivity index (χ3n) is 6.55. The minimum Gasteiger partial charge on any atom is -0.382 e. The van der Waals surface area contributed by atoms with Crippen LogP contribution in [0.15, 0.2) is 71.8 Å². The Morgan fingerprint density at radius 2 is 1.92 bits per heavy atom. The van der Waals surface area contributed by atoms with E-state index in [4.69, 9.17) is 4.74 Å². The Hall–Kier alpha value is -4.30. The number of rotatable bonds is 7. The SMILES string of the molecule is COCC(NC(=O)c1nn2cc(-c3cnc4cccc(C)c4c3)[nH]c(=O)c2c1C(C)C)c1ccccc1. The zero-order valence-corrected chi connectivity index (χ0v) is 21.3. The molecule has 8 nitrogen and oxygen atoms in total. The first-order chi connectivity index (χ1) is 17.9. The number of hydrogen-bond acceptors (Lipinski definition) is 5. The molecule has 0 saturated carbocycles. The standard InChI is InChI=1S/C29H29N5O3/c1-17(2)25-26(28(35)32-24(16-37-4)19-10-6-5-7-11-19)33-34-15-23(31-29(36)27(25)34)20-13-21-18(3)9-8-12-22(21)30-14-20/h5-15,17,24H,16H2,1-4H3,(H,31,36)(H,32,35). The Balaban J connectivity index is 1.58. The van der Waals surface area contributed by atoms with Gasteiger partial charge in [0.25, 0.3) is 11.5 Å². The summed E-state index contributed by atoms with van der Waals surface area (Å²) in [5.41, 5.74) is 5.11. The second kappa shape index (κ2) is 9.99. The summed E-state index contributed by atoms with van der Waals surface area (Å²) in [5.74, 6) is -0.463. The number of ether oxygens (including phenoxy) is 1. The number of carbonyl (C=O) groups is 1. The first kappa shape index (κ1) is 24.4. The normalized spacial score (nSPS) is 12.4. The van der Waals surface area contributed by atoms with Gasteiger partial charge in [0.1, 0.15) is 5.52 Å². The van der Waals surface area contributed by atoms with E-state index in [9.17, 15) is 9.59 Å². The third kappa shape index (κ3) is 4.63. The van der Waals surface area contributed by atoms with Crippen molar-refractivity contribution in [2.24, 2.45) is 0 Å². The number of benzene rings is 2. The van der Waals surface area contributed by atoms with E-state index >= 15 is 0 Å². The highest BCUT2D eigenvalue weighted by atomic mass is 16.5. The summed E-state index contributed by atoms with van der Waals surface area (Å²) in [6.07, 6.45) is 3.47. The number of aromatic nitrogens is 4. The smallest absolute Gasteiger partial charge is 0.274 e. The van der Waals surface area contributed by atoms with Crippen molar-refractivity contribution in [3.8, 4) is 11.3 Å². The lowest BCUT2D eigenvalue weighted by Gasteiger charge is -2.18. The largest absolute Gasteiger partial charge is 0.382 e. The molecule has 188 valence electrons. The van der Waals surface area contributed by atoms with Crippen LogP contribution in [0.5, 0.6) is 0 Å². The first-order valence-electron chi connectivity index (χ1n) is 12.2. The average Bonchev–Trinajstić information content (AvgIpc) is 3.30. The quantitative estimate of drug-likeness (QED) is 0.338. The van der Waals surface area contributed by atoms with Gasteiger partial charge in [-0.2, -0.15) is 5.10 Å². The molecule has 0 spiro atoms. The van der Waals surface area contributed by atoms with Crippen LogP contribution in [0.3, 0.4) is 0 Å². The minimum absolute atomic E-state index is 0.104. The molecule has 5 aromatic rings. The number of aromatic amines is 1. The highest BCUT2D eigenvalue weighted by Crippen LogP contribution is 2.27. The van der Waals surface area contributed by atoms with Crippen molar-refractivity contribution in [3.05, 3.63) is 99.7 Å². The fraction of sp³-hybridized carbons (Fsp3) is 0.241. The van der Waals surface area contributed by atoms with Gasteiger partial charge in [0, 0.05) is 29.8 Å². The molecular formula is C29H29N5O3. The van der Waals surface area contributed by atoms with Crippen molar-refractivity contribution in [2.45, 2.75) is 32.7 Å². The lowest BCUT2D eigenvalue weighted by atomic mass is 10.0. The zero-order chi connectivity index (χ0) is 26.1. The molecule has 0 aliphatic heterocycles. The lowest BCUT2D eigenvalue weighted by Crippen LogP contribution is -2.32. The van der Waals surface area contributed by atoms with Gasteiger partial charge in [-0.25, -0.2) is 4.52 Å². The summed E-state index contributed by atoms with van der Waals surface area (Å²) in [6, 6.07) is 17.2. The number of hydrogen-bond donors (Lipinski definition) is 2. The molecule has 2 aromatic carbocycles. The van der Waals surface area contributed by atoms with Crippen LogP contribution in [0, 0.1) is 6.92 Å². The van der Waals surface area contributed by atoms with Crippen LogP contribution in [-0.2, 0) is 4.74 Å². The van der Waals surface area contributed by atoms with Gasteiger partial charge >= 0.3 is 0 Å². The van der Waals surface area contributed by atoms with Crippen molar-refractivity contribution in [2.75, 3.05) is 13.7 Å². The van der Waals surface area contributed by atoms with E-state index < -0.39 is 0 Å². The molecule has 0 saturated heterocycles. The second-order valence-electron chi connectivity index (χ2n) is 9.46. The Morgan fingerprint density at radius 1 is 1.14 bits per heavy atom. The van der Waals surface area contributed by atoms with E-state index in [0.717, 1.165) is 27.6 Å². The molecule has 2 N–H and O–H groups in total. The fourth-order valence-electron chi connectivity index (χ4n) is 4.71. The molecule has 1 amide bonds. The zero-order valence-electron chi connectivity index (χ0n) is 21.3.